The zero-order valence-corrected chi connectivity index (χ0v) is 18.0. The average molecular weight is 438 g/mol. The summed E-state index contributed by atoms with van der Waals surface area (Å²) in [6.07, 6.45) is 1.49. The van der Waals surface area contributed by atoms with Crippen LogP contribution in [-0.4, -0.2) is 35.8 Å². The Hall–Kier alpha value is -2.15. The van der Waals surface area contributed by atoms with E-state index in [1.54, 1.807) is 37.3 Å². The van der Waals surface area contributed by atoms with Crippen LogP contribution in [0.4, 0.5) is 5.69 Å². The fraction of sp³-hybridized carbons (Fsp3) is 0.381. The summed E-state index contributed by atoms with van der Waals surface area (Å²) in [7, 11) is 0. The maximum atomic E-state index is 12.8. The van der Waals surface area contributed by atoms with Gasteiger partial charge in [0.2, 0.25) is 0 Å². The van der Waals surface area contributed by atoms with E-state index in [9.17, 15) is 9.59 Å². The van der Waals surface area contributed by atoms with Crippen LogP contribution in [0.3, 0.4) is 0 Å². The van der Waals surface area contributed by atoms with E-state index in [2.05, 4.69) is 15.6 Å². The predicted octanol–water partition coefficient (Wildman–Crippen LogP) is 4.67. The lowest BCUT2D eigenvalue weighted by Crippen LogP contribution is -2.29. The summed E-state index contributed by atoms with van der Waals surface area (Å²) in [5.41, 5.74) is 1.59. The molecule has 2 amide bonds. The Morgan fingerprint density at radius 3 is 2.72 bits per heavy atom. The number of alkyl halides is 2. The minimum atomic E-state index is -0.601. The van der Waals surface area contributed by atoms with E-state index in [0.717, 1.165) is 12.0 Å². The second-order valence-corrected chi connectivity index (χ2v) is 7.19. The smallest absolute Gasteiger partial charge is 0.270 e. The highest BCUT2D eigenvalue weighted by Crippen LogP contribution is 2.25. The quantitative estimate of drug-likeness (QED) is 0.418. The lowest BCUT2D eigenvalue weighted by molar-refractivity contribution is 0.0935. The van der Waals surface area contributed by atoms with Crippen LogP contribution in [0.25, 0.3) is 0 Å². The molecule has 0 spiro atoms. The highest BCUT2D eigenvalue weighted by atomic mass is 35.5. The van der Waals surface area contributed by atoms with Gasteiger partial charge in [-0.3, -0.25) is 9.59 Å². The van der Waals surface area contributed by atoms with Crippen LogP contribution in [0.2, 0.25) is 0 Å². The highest BCUT2D eigenvalue weighted by Gasteiger charge is 2.19. The van der Waals surface area contributed by atoms with Gasteiger partial charge in [-0.1, -0.05) is 30.7 Å². The number of nitrogens with zero attached hydrogens (tertiary/aromatic N) is 1. The van der Waals surface area contributed by atoms with Crippen molar-refractivity contribution in [2.45, 2.75) is 32.3 Å². The van der Waals surface area contributed by atoms with Crippen molar-refractivity contribution >= 4 is 40.7 Å². The van der Waals surface area contributed by atoms with Gasteiger partial charge in [0, 0.05) is 30.4 Å². The number of rotatable bonds is 10. The Kier molecular flexibility index (Phi) is 9.38. The molecular weight excluding hydrogens is 413 g/mol. The molecule has 0 fully saturated rings. The van der Waals surface area contributed by atoms with Gasteiger partial charge in [0.15, 0.2) is 5.56 Å². The van der Waals surface area contributed by atoms with Gasteiger partial charge in [-0.15, -0.1) is 11.6 Å². The number of aryl methyl sites for hydroxylation is 1. The third kappa shape index (κ3) is 6.99. The third-order valence-electron chi connectivity index (χ3n) is 3.97. The normalized spacial score (nSPS) is 11.7. The van der Waals surface area contributed by atoms with Crippen molar-refractivity contribution in [3.8, 4) is 0 Å². The third-order valence-corrected chi connectivity index (χ3v) is 4.61. The number of aromatic nitrogens is 1. The lowest BCUT2D eigenvalue weighted by Gasteiger charge is -2.13. The molecule has 2 N–H and O–H groups in total. The van der Waals surface area contributed by atoms with Crippen LogP contribution in [0.1, 0.15) is 57.4 Å². The highest BCUT2D eigenvalue weighted by molar-refractivity contribution is 6.20. The number of halogens is 2. The number of carbonyl (C=O) groups excluding carboxylic acids is 2. The van der Waals surface area contributed by atoms with Crippen LogP contribution >= 0.6 is 23.2 Å². The van der Waals surface area contributed by atoms with Gasteiger partial charge in [-0.05, 0) is 49.6 Å². The van der Waals surface area contributed by atoms with E-state index in [1.165, 1.54) is 0 Å². The molecule has 1 atom stereocenters. The monoisotopic (exact) mass is 437 g/mol. The molecule has 29 heavy (non-hydrogen) atoms. The minimum Gasteiger partial charge on any atom is -0.358 e. The molecule has 0 radical (unpaired) electrons. The second-order valence-electron chi connectivity index (χ2n) is 6.41. The number of benzene rings is 1. The van der Waals surface area contributed by atoms with Gasteiger partial charge in [0.05, 0.1) is 5.56 Å². The first-order valence-corrected chi connectivity index (χ1v) is 10.4. The zero-order valence-electron chi connectivity index (χ0n) is 16.5. The number of nitrogens with one attached hydrogen (secondary N) is 2. The molecule has 0 saturated heterocycles. The van der Waals surface area contributed by atoms with Crippen LogP contribution in [0.15, 0.2) is 36.4 Å². The molecule has 156 valence electrons. The number of ether oxygens (including phenoxy) is 1. The Morgan fingerprint density at radius 2 is 2.00 bits per heavy atom. The Bertz CT molecular complexity index is 846. The summed E-state index contributed by atoms with van der Waals surface area (Å²) in [6.45, 7) is 4.72. The van der Waals surface area contributed by atoms with Gasteiger partial charge in [0.25, 0.3) is 11.8 Å². The van der Waals surface area contributed by atoms with E-state index < -0.39 is 17.4 Å². The van der Waals surface area contributed by atoms with Gasteiger partial charge < -0.3 is 15.4 Å². The van der Waals surface area contributed by atoms with Crippen molar-refractivity contribution in [1.29, 1.82) is 0 Å². The number of carbonyl (C=O) groups is 2. The number of amides is 2. The van der Waals surface area contributed by atoms with Crippen molar-refractivity contribution in [2.24, 2.45) is 0 Å². The van der Waals surface area contributed by atoms with Crippen molar-refractivity contribution in [1.82, 2.24) is 10.3 Å². The topological polar surface area (TPSA) is 80.3 Å². The molecule has 1 aromatic heterocycles. The number of anilines is 1. The molecule has 0 saturated carbocycles. The maximum Gasteiger partial charge on any atom is 0.270 e. The summed E-state index contributed by atoms with van der Waals surface area (Å²) in [4.78, 5) is 29.5. The standard InChI is InChI=1S/C21H25Cl2N3O3/c1-3-12-29-19(23)15-6-4-7-16(13-15)26-20(27)17-9-8-14(2)25-18(17)21(28)24-11-5-10-22/h4,6-9,13,19H,3,5,10-12H2,1-2H3,(H,24,28)(H,26,27). The second kappa shape index (κ2) is 11.8. The lowest BCUT2D eigenvalue weighted by atomic mass is 10.1. The van der Waals surface area contributed by atoms with E-state index in [1.807, 2.05) is 13.0 Å². The van der Waals surface area contributed by atoms with Crippen molar-refractivity contribution < 1.29 is 14.3 Å². The Labute approximate surface area is 181 Å². The zero-order chi connectivity index (χ0) is 21.2. The first kappa shape index (κ1) is 23.1. The van der Waals surface area contributed by atoms with Crippen molar-refractivity contribution in [3.05, 3.63) is 58.9 Å². The molecule has 0 aliphatic heterocycles. The number of hydrogen-bond acceptors (Lipinski definition) is 4. The number of hydrogen-bond donors (Lipinski definition) is 2. The first-order valence-electron chi connectivity index (χ1n) is 9.45. The van der Waals surface area contributed by atoms with Crippen LogP contribution in [0, 0.1) is 6.92 Å². The van der Waals surface area contributed by atoms with Crippen LogP contribution in [0.5, 0.6) is 0 Å². The molecule has 1 unspecified atom stereocenters. The molecule has 2 rings (SSSR count). The minimum absolute atomic E-state index is 0.0785. The molecule has 6 nitrogen and oxygen atoms in total. The van der Waals surface area contributed by atoms with Crippen LogP contribution in [-0.2, 0) is 4.74 Å². The molecule has 8 heteroatoms. The maximum absolute atomic E-state index is 12.8. The van der Waals surface area contributed by atoms with Crippen molar-refractivity contribution in [2.75, 3.05) is 24.3 Å². The number of pyridine rings is 1. The summed E-state index contributed by atoms with van der Waals surface area (Å²) < 4.78 is 5.51. The average Bonchev–Trinajstić information content (AvgIpc) is 2.72. The van der Waals surface area contributed by atoms with E-state index in [0.29, 0.717) is 36.8 Å². The molecule has 1 heterocycles. The SMILES string of the molecule is CCCOC(Cl)c1cccc(NC(=O)c2ccc(C)nc2C(=O)NCCCCl)c1. The summed E-state index contributed by atoms with van der Waals surface area (Å²) in [5, 5.41) is 5.53. The van der Waals surface area contributed by atoms with E-state index in [4.69, 9.17) is 27.9 Å². The fourth-order valence-corrected chi connectivity index (χ4v) is 2.90. The summed E-state index contributed by atoms with van der Waals surface area (Å²) in [5.74, 6) is -0.404. The van der Waals surface area contributed by atoms with Gasteiger partial charge in [-0.2, -0.15) is 0 Å². The molecular formula is C21H25Cl2N3O3. The van der Waals surface area contributed by atoms with Gasteiger partial charge >= 0.3 is 0 Å². The largest absolute Gasteiger partial charge is 0.358 e. The Morgan fingerprint density at radius 1 is 1.21 bits per heavy atom. The molecule has 0 bridgehead atoms. The van der Waals surface area contributed by atoms with Gasteiger partial charge in [0.1, 0.15) is 5.69 Å². The van der Waals surface area contributed by atoms with Crippen molar-refractivity contribution in [3.63, 3.8) is 0 Å². The van der Waals surface area contributed by atoms with Gasteiger partial charge in [-0.25, -0.2) is 4.98 Å². The fourth-order valence-electron chi connectivity index (χ4n) is 2.54. The van der Waals surface area contributed by atoms with E-state index in [-0.39, 0.29) is 11.3 Å². The summed E-state index contributed by atoms with van der Waals surface area (Å²) in [6, 6.07) is 10.4. The summed E-state index contributed by atoms with van der Waals surface area (Å²) >= 11 is 11.9. The Balaban J connectivity index is 2.17. The van der Waals surface area contributed by atoms with Crippen LogP contribution < -0.4 is 10.6 Å². The molecule has 0 aliphatic rings. The molecule has 0 aliphatic carbocycles. The molecule has 2 aromatic rings. The molecule has 1 aromatic carbocycles. The first-order chi connectivity index (χ1) is 14.0. The predicted molar refractivity (Wildman–Crippen MR) is 116 cm³/mol. The van der Waals surface area contributed by atoms with E-state index >= 15 is 0 Å².